The van der Waals surface area contributed by atoms with Crippen molar-refractivity contribution in [3.05, 3.63) is 10.9 Å². The molecule has 0 bridgehead atoms. The number of likely N-dealkylation sites (tertiary alicyclic amines) is 1. The maximum atomic E-state index is 9.46. The van der Waals surface area contributed by atoms with Gasteiger partial charge in [-0.2, -0.15) is 0 Å². The number of hydrazine groups is 1. The summed E-state index contributed by atoms with van der Waals surface area (Å²) in [5.74, 6) is 0.813. The number of aliphatic imine (C=N–C) groups is 1. The molecule has 0 spiro atoms. The standard InChI is InChI=1S/C9H15ClN4O/c1-6-8(10)12-13(2)9(11-6)14-4-3-7(15)5-14/h7,12,15H,3-5H2,1-2H3. The molecule has 0 saturated carbocycles. The second-order valence-electron chi connectivity index (χ2n) is 3.87. The number of allylic oxidation sites excluding steroid dienone is 1. The zero-order chi connectivity index (χ0) is 11.0. The highest BCUT2D eigenvalue weighted by atomic mass is 35.5. The Morgan fingerprint density at radius 3 is 2.93 bits per heavy atom. The number of nitrogens with zero attached hydrogens (tertiary/aromatic N) is 3. The van der Waals surface area contributed by atoms with Gasteiger partial charge in [-0.3, -0.25) is 10.4 Å². The van der Waals surface area contributed by atoms with Crippen LogP contribution in [0.3, 0.4) is 0 Å². The van der Waals surface area contributed by atoms with Gasteiger partial charge in [0.25, 0.3) is 0 Å². The van der Waals surface area contributed by atoms with E-state index in [-0.39, 0.29) is 6.10 Å². The molecule has 1 fully saturated rings. The van der Waals surface area contributed by atoms with Gasteiger partial charge in [0.2, 0.25) is 5.96 Å². The molecule has 2 N–H and O–H groups in total. The van der Waals surface area contributed by atoms with Crippen LogP contribution >= 0.6 is 11.6 Å². The number of nitrogens with one attached hydrogen (secondary N) is 1. The summed E-state index contributed by atoms with van der Waals surface area (Å²) in [6.45, 7) is 3.32. The number of hydrogen-bond acceptors (Lipinski definition) is 5. The Morgan fingerprint density at radius 2 is 2.33 bits per heavy atom. The summed E-state index contributed by atoms with van der Waals surface area (Å²) in [4.78, 5) is 6.45. The van der Waals surface area contributed by atoms with Crippen molar-refractivity contribution >= 4 is 17.6 Å². The van der Waals surface area contributed by atoms with Gasteiger partial charge in [0.05, 0.1) is 11.8 Å². The van der Waals surface area contributed by atoms with Crippen molar-refractivity contribution in [1.29, 1.82) is 0 Å². The molecule has 0 aromatic rings. The van der Waals surface area contributed by atoms with Crippen molar-refractivity contribution in [2.75, 3.05) is 20.1 Å². The Morgan fingerprint density at radius 1 is 1.60 bits per heavy atom. The van der Waals surface area contributed by atoms with Crippen molar-refractivity contribution in [1.82, 2.24) is 15.3 Å². The first-order valence-electron chi connectivity index (χ1n) is 4.96. The number of hydrogen-bond donors (Lipinski definition) is 2. The van der Waals surface area contributed by atoms with Crippen LogP contribution in [0.5, 0.6) is 0 Å². The molecule has 1 saturated heterocycles. The lowest BCUT2D eigenvalue weighted by Crippen LogP contribution is -2.49. The Balaban J connectivity index is 2.17. The molecule has 0 aliphatic carbocycles. The van der Waals surface area contributed by atoms with E-state index < -0.39 is 0 Å². The van der Waals surface area contributed by atoms with Crippen LogP contribution in [0.4, 0.5) is 0 Å². The highest BCUT2D eigenvalue weighted by Crippen LogP contribution is 2.17. The molecule has 0 radical (unpaired) electrons. The Labute approximate surface area is 94.0 Å². The molecule has 5 nitrogen and oxygen atoms in total. The van der Waals surface area contributed by atoms with Crippen LogP contribution in [0.1, 0.15) is 13.3 Å². The smallest absolute Gasteiger partial charge is 0.220 e. The maximum absolute atomic E-state index is 9.46. The van der Waals surface area contributed by atoms with E-state index in [0.29, 0.717) is 11.7 Å². The first kappa shape index (κ1) is 10.6. The fourth-order valence-electron chi connectivity index (χ4n) is 1.76. The normalized spacial score (nSPS) is 26.9. The molecule has 6 heteroatoms. The summed E-state index contributed by atoms with van der Waals surface area (Å²) in [5, 5.41) is 11.8. The summed E-state index contributed by atoms with van der Waals surface area (Å²) < 4.78 is 0. The molecule has 15 heavy (non-hydrogen) atoms. The topological polar surface area (TPSA) is 51.1 Å². The minimum Gasteiger partial charge on any atom is -0.391 e. The van der Waals surface area contributed by atoms with Gasteiger partial charge in [-0.25, -0.2) is 4.99 Å². The largest absolute Gasteiger partial charge is 0.391 e. The van der Waals surface area contributed by atoms with Gasteiger partial charge in [0.1, 0.15) is 5.16 Å². The Kier molecular flexibility index (Phi) is 2.75. The van der Waals surface area contributed by atoms with Crippen LogP contribution in [-0.2, 0) is 0 Å². The molecule has 0 aromatic carbocycles. The minimum absolute atomic E-state index is 0.247. The third-order valence-corrected chi connectivity index (χ3v) is 2.96. The zero-order valence-corrected chi connectivity index (χ0v) is 9.62. The van der Waals surface area contributed by atoms with Gasteiger partial charge >= 0.3 is 0 Å². The molecule has 2 aliphatic rings. The fourth-order valence-corrected chi connectivity index (χ4v) is 1.93. The molecular formula is C9H15ClN4O. The molecule has 2 rings (SSSR count). The Hall–Kier alpha value is -0.940. The second kappa shape index (κ2) is 3.90. The third-order valence-electron chi connectivity index (χ3n) is 2.60. The summed E-state index contributed by atoms with van der Waals surface area (Å²) in [6, 6.07) is 0. The lowest BCUT2D eigenvalue weighted by molar-refractivity contribution is 0.185. The molecule has 2 heterocycles. The quantitative estimate of drug-likeness (QED) is 0.588. The van der Waals surface area contributed by atoms with Gasteiger partial charge in [-0.05, 0) is 13.3 Å². The molecule has 0 amide bonds. The molecule has 0 aromatic heterocycles. The van der Waals surface area contributed by atoms with Crippen LogP contribution in [-0.4, -0.2) is 47.2 Å². The van der Waals surface area contributed by atoms with E-state index in [1.165, 1.54) is 0 Å². The van der Waals surface area contributed by atoms with Gasteiger partial charge in [0, 0.05) is 20.1 Å². The molecular weight excluding hydrogens is 216 g/mol. The summed E-state index contributed by atoms with van der Waals surface area (Å²) in [6.07, 6.45) is 0.548. The minimum atomic E-state index is -0.247. The highest BCUT2D eigenvalue weighted by Gasteiger charge is 2.27. The van der Waals surface area contributed by atoms with Crippen molar-refractivity contribution in [2.24, 2.45) is 4.99 Å². The summed E-state index contributed by atoms with van der Waals surface area (Å²) >= 11 is 5.91. The summed E-state index contributed by atoms with van der Waals surface area (Å²) in [7, 11) is 1.86. The van der Waals surface area contributed by atoms with Crippen molar-refractivity contribution < 1.29 is 5.11 Å². The van der Waals surface area contributed by atoms with Gasteiger partial charge < -0.3 is 10.0 Å². The lowest BCUT2D eigenvalue weighted by Gasteiger charge is -2.32. The van der Waals surface area contributed by atoms with E-state index in [2.05, 4.69) is 10.4 Å². The van der Waals surface area contributed by atoms with E-state index in [9.17, 15) is 5.11 Å². The first-order valence-corrected chi connectivity index (χ1v) is 5.34. The second-order valence-corrected chi connectivity index (χ2v) is 4.25. The van der Waals surface area contributed by atoms with Crippen molar-refractivity contribution in [2.45, 2.75) is 19.4 Å². The van der Waals surface area contributed by atoms with Crippen molar-refractivity contribution in [3.8, 4) is 0 Å². The van der Waals surface area contributed by atoms with Gasteiger partial charge in [-0.15, -0.1) is 0 Å². The number of aliphatic hydroxyl groups is 1. The lowest BCUT2D eigenvalue weighted by atomic mass is 10.3. The predicted molar refractivity (Wildman–Crippen MR) is 59.1 cm³/mol. The van der Waals surface area contributed by atoms with Crippen LogP contribution in [0.15, 0.2) is 15.8 Å². The van der Waals surface area contributed by atoms with Crippen LogP contribution in [0, 0.1) is 0 Å². The third kappa shape index (κ3) is 2.03. The Bertz CT molecular complexity index is 328. The van der Waals surface area contributed by atoms with E-state index in [1.54, 1.807) is 5.01 Å². The highest BCUT2D eigenvalue weighted by molar-refractivity contribution is 6.29. The number of aliphatic hydroxyl groups excluding tert-OH is 1. The van der Waals surface area contributed by atoms with Crippen LogP contribution in [0.2, 0.25) is 0 Å². The maximum Gasteiger partial charge on any atom is 0.220 e. The molecule has 1 atom stereocenters. The predicted octanol–water partition coefficient (Wildman–Crippen LogP) is 0.287. The van der Waals surface area contributed by atoms with E-state index in [4.69, 9.17) is 11.6 Å². The molecule has 2 aliphatic heterocycles. The molecule has 1 unspecified atom stereocenters. The average Bonchev–Trinajstić information content (AvgIpc) is 2.58. The zero-order valence-electron chi connectivity index (χ0n) is 8.87. The van der Waals surface area contributed by atoms with E-state index in [0.717, 1.165) is 24.6 Å². The van der Waals surface area contributed by atoms with Gasteiger partial charge in [-0.1, -0.05) is 11.6 Å². The number of halogens is 1. The average molecular weight is 231 g/mol. The number of β-amino-alcohol motifs (C(OH)–C–C–N with tert-alkyl or cyclic N) is 1. The first-order chi connectivity index (χ1) is 7.08. The fraction of sp³-hybridized carbons (Fsp3) is 0.667. The number of guanidine groups is 1. The van der Waals surface area contributed by atoms with Crippen molar-refractivity contribution in [3.63, 3.8) is 0 Å². The SMILES string of the molecule is CC1=C(Cl)NN(C)C(N2CCC(O)C2)=N1. The summed E-state index contributed by atoms with van der Waals surface area (Å²) in [5.41, 5.74) is 3.76. The van der Waals surface area contributed by atoms with Crippen LogP contribution < -0.4 is 5.43 Å². The van der Waals surface area contributed by atoms with Crippen LogP contribution in [0.25, 0.3) is 0 Å². The van der Waals surface area contributed by atoms with Gasteiger partial charge in [0.15, 0.2) is 0 Å². The van der Waals surface area contributed by atoms with E-state index in [1.807, 2.05) is 18.9 Å². The number of rotatable bonds is 0. The monoisotopic (exact) mass is 230 g/mol. The molecule has 84 valence electrons. The van der Waals surface area contributed by atoms with E-state index >= 15 is 0 Å².